The summed E-state index contributed by atoms with van der Waals surface area (Å²) < 4.78 is 18.6. The zero-order valence-electron chi connectivity index (χ0n) is 12.8. The topological polar surface area (TPSA) is 82.3 Å². The van der Waals surface area contributed by atoms with Crippen molar-refractivity contribution >= 4 is 45.2 Å². The molecule has 0 saturated carbocycles. The Bertz CT molecular complexity index is 909. The average Bonchev–Trinajstić information content (AvgIpc) is 2.57. The Morgan fingerprint density at radius 2 is 2.16 bits per heavy atom. The summed E-state index contributed by atoms with van der Waals surface area (Å²) in [7, 11) is 1.38. The first kappa shape index (κ1) is 18.8. The highest BCUT2D eigenvalue weighted by molar-refractivity contribution is 9.10. The highest BCUT2D eigenvalue weighted by Gasteiger charge is 2.13. The fourth-order valence-electron chi connectivity index (χ4n) is 1.91. The fourth-order valence-corrected chi connectivity index (χ4v) is 2.54. The number of halogens is 3. The summed E-state index contributed by atoms with van der Waals surface area (Å²) in [5, 5.41) is 21.3. The molecule has 2 aromatic rings. The van der Waals surface area contributed by atoms with Gasteiger partial charge in [0, 0.05) is 10.2 Å². The van der Waals surface area contributed by atoms with Gasteiger partial charge in [0.1, 0.15) is 17.5 Å². The number of hydrogen-bond donors (Lipinski definition) is 2. The number of methoxy groups -OCH3 is 1. The van der Waals surface area contributed by atoms with Crippen molar-refractivity contribution < 1.29 is 19.0 Å². The minimum absolute atomic E-state index is 0.0876. The molecule has 0 aliphatic carbocycles. The maximum absolute atomic E-state index is 13.2. The van der Waals surface area contributed by atoms with Crippen molar-refractivity contribution in [2.24, 2.45) is 0 Å². The number of nitrogens with one attached hydrogen (secondary N) is 1. The molecule has 0 spiro atoms. The van der Waals surface area contributed by atoms with Crippen LogP contribution in [0.1, 0.15) is 5.56 Å². The fraction of sp³-hybridized carbons (Fsp3) is 0.0588. The summed E-state index contributed by atoms with van der Waals surface area (Å²) in [5.41, 5.74) is 0.507. The van der Waals surface area contributed by atoms with Crippen LogP contribution in [-0.4, -0.2) is 18.1 Å². The van der Waals surface area contributed by atoms with Crippen LogP contribution in [0.4, 0.5) is 10.1 Å². The minimum Gasteiger partial charge on any atom is -0.504 e. The molecule has 2 aromatic carbocycles. The van der Waals surface area contributed by atoms with Crippen LogP contribution in [-0.2, 0) is 4.79 Å². The van der Waals surface area contributed by atoms with E-state index < -0.39 is 11.7 Å². The van der Waals surface area contributed by atoms with Gasteiger partial charge in [0.25, 0.3) is 5.91 Å². The van der Waals surface area contributed by atoms with E-state index in [1.165, 1.54) is 37.5 Å². The zero-order valence-corrected chi connectivity index (χ0v) is 15.2. The highest BCUT2D eigenvalue weighted by atomic mass is 79.9. The molecule has 0 aromatic heterocycles. The van der Waals surface area contributed by atoms with E-state index in [1.807, 2.05) is 0 Å². The Hall–Kier alpha value is -2.56. The standard InChI is InChI=1S/C17H11BrClFN2O3/c1-25-16-5-9(12(18)7-15(16)23)4-10(8-21)17(24)22-11-2-3-14(20)13(19)6-11/h2-7,23H,1H3,(H,22,24)/b10-4-. The van der Waals surface area contributed by atoms with E-state index in [9.17, 15) is 19.6 Å². The third-order valence-corrected chi connectivity index (χ3v) is 4.12. The first-order valence-electron chi connectivity index (χ1n) is 6.80. The van der Waals surface area contributed by atoms with Crippen molar-refractivity contribution in [3.63, 3.8) is 0 Å². The van der Waals surface area contributed by atoms with E-state index in [4.69, 9.17) is 16.3 Å². The number of aromatic hydroxyl groups is 1. The zero-order chi connectivity index (χ0) is 18.6. The largest absolute Gasteiger partial charge is 0.504 e. The van der Waals surface area contributed by atoms with Gasteiger partial charge in [0.05, 0.1) is 12.1 Å². The van der Waals surface area contributed by atoms with Crippen molar-refractivity contribution in [1.29, 1.82) is 5.26 Å². The van der Waals surface area contributed by atoms with Crippen LogP contribution < -0.4 is 10.1 Å². The van der Waals surface area contributed by atoms with Crippen molar-refractivity contribution in [3.05, 3.63) is 56.8 Å². The molecule has 0 atom stereocenters. The Morgan fingerprint density at radius 1 is 1.44 bits per heavy atom. The SMILES string of the molecule is COc1cc(/C=C(/C#N)C(=O)Nc2ccc(F)c(Cl)c2)c(Br)cc1O. The number of anilines is 1. The summed E-state index contributed by atoms with van der Waals surface area (Å²) >= 11 is 8.90. The van der Waals surface area contributed by atoms with E-state index >= 15 is 0 Å². The third kappa shape index (κ3) is 4.50. The van der Waals surface area contributed by atoms with Gasteiger partial charge in [-0.3, -0.25) is 4.79 Å². The minimum atomic E-state index is -0.691. The maximum Gasteiger partial charge on any atom is 0.266 e. The van der Waals surface area contributed by atoms with Crippen molar-refractivity contribution in [1.82, 2.24) is 0 Å². The lowest BCUT2D eigenvalue weighted by molar-refractivity contribution is -0.112. The molecular formula is C17H11BrClFN2O3. The number of amides is 1. The molecule has 0 fully saturated rings. The molecule has 0 radical (unpaired) electrons. The van der Waals surface area contributed by atoms with Gasteiger partial charge in [-0.25, -0.2) is 4.39 Å². The van der Waals surface area contributed by atoms with E-state index in [-0.39, 0.29) is 27.8 Å². The van der Waals surface area contributed by atoms with E-state index in [2.05, 4.69) is 21.2 Å². The number of phenols is 1. The lowest BCUT2D eigenvalue weighted by Gasteiger charge is -2.08. The second-order valence-electron chi connectivity index (χ2n) is 4.80. The Kier molecular flexibility index (Phi) is 6.02. The summed E-state index contributed by atoms with van der Waals surface area (Å²) in [4.78, 5) is 12.2. The number of nitrogens with zero attached hydrogens (tertiary/aromatic N) is 1. The second-order valence-corrected chi connectivity index (χ2v) is 6.06. The van der Waals surface area contributed by atoms with Gasteiger partial charge in [-0.05, 0) is 42.0 Å². The Balaban J connectivity index is 2.32. The number of hydrogen-bond acceptors (Lipinski definition) is 4. The molecule has 5 nitrogen and oxygen atoms in total. The lowest BCUT2D eigenvalue weighted by Crippen LogP contribution is -2.13. The van der Waals surface area contributed by atoms with Crippen LogP contribution in [0.25, 0.3) is 6.08 Å². The number of rotatable bonds is 4. The van der Waals surface area contributed by atoms with Crippen LogP contribution in [0, 0.1) is 17.1 Å². The van der Waals surface area contributed by atoms with E-state index in [1.54, 1.807) is 6.07 Å². The molecule has 1 amide bonds. The van der Waals surface area contributed by atoms with Gasteiger partial charge in [-0.2, -0.15) is 5.26 Å². The number of nitriles is 1. The quantitative estimate of drug-likeness (QED) is 0.558. The molecule has 0 aliphatic rings. The molecule has 0 aliphatic heterocycles. The molecule has 0 unspecified atom stereocenters. The van der Waals surface area contributed by atoms with Gasteiger partial charge >= 0.3 is 0 Å². The summed E-state index contributed by atoms with van der Waals surface area (Å²) in [5.74, 6) is -1.20. The molecule has 2 N–H and O–H groups in total. The van der Waals surface area contributed by atoms with Gasteiger partial charge in [-0.15, -0.1) is 0 Å². The summed E-state index contributed by atoms with van der Waals surface area (Å²) in [6.07, 6.45) is 1.33. The third-order valence-electron chi connectivity index (χ3n) is 3.14. The van der Waals surface area contributed by atoms with Crippen LogP contribution in [0.2, 0.25) is 5.02 Å². The van der Waals surface area contributed by atoms with Crippen LogP contribution in [0.3, 0.4) is 0 Å². The molecule has 0 heterocycles. The molecule has 25 heavy (non-hydrogen) atoms. The van der Waals surface area contributed by atoms with Crippen molar-refractivity contribution in [3.8, 4) is 17.6 Å². The molecule has 0 saturated heterocycles. The summed E-state index contributed by atoms with van der Waals surface area (Å²) in [6.45, 7) is 0. The van der Waals surface area contributed by atoms with Crippen LogP contribution in [0.15, 0.2) is 40.4 Å². The van der Waals surface area contributed by atoms with Gasteiger partial charge in [-0.1, -0.05) is 27.5 Å². The van der Waals surface area contributed by atoms with E-state index in [0.29, 0.717) is 10.0 Å². The van der Waals surface area contributed by atoms with Gasteiger partial charge < -0.3 is 15.2 Å². The molecular weight excluding hydrogens is 415 g/mol. The molecule has 128 valence electrons. The molecule has 0 bridgehead atoms. The van der Waals surface area contributed by atoms with Crippen LogP contribution >= 0.6 is 27.5 Å². The lowest BCUT2D eigenvalue weighted by atomic mass is 10.1. The predicted molar refractivity (Wildman–Crippen MR) is 96.0 cm³/mol. The van der Waals surface area contributed by atoms with Gasteiger partial charge in [0.15, 0.2) is 11.5 Å². The second kappa shape index (κ2) is 8.01. The van der Waals surface area contributed by atoms with E-state index in [0.717, 1.165) is 6.07 Å². The maximum atomic E-state index is 13.2. The first-order valence-corrected chi connectivity index (χ1v) is 7.97. The molecule has 8 heteroatoms. The van der Waals surface area contributed by atoms with Crippen molar-refractivity contribution in [2.75, 3.05) is 12.4 Å². The number of ether oxygens (including phenoxy) is 1. The number of phenolic OH excluding ortho intramolecular Hbond substituents is 1. The predicted octanol–water partition coefficient (Wildman–Crippen LogP) is 4.50. The Labute approximate surface area is 156 Å². The number of benzene rings is 2. The normalized spacial score (nSPS) is 10.9. The highest BCUT2D eigenvalue weighted by Crippen LogP contribution is 2.33. The first-order chi connectivity index (χ1) is 11.8. The number of carbonyl (C=O) groups excluding carboxylic acids is 1. The Morgan fingerprint density at radius 3 is 2.76 bits per heavy atom. The van der Waals surface area contributed by atoms with Crippen molar-refractivity contribution in [2.45, 2.75) is 0 Å². The monoisotopic (exact) mass is 424 g/mol. The summed E-state index contributed by atoms with van der Waals surface area (Å²) in [6, 6.07) is 8.32. The molecule has 2 rings (SSSR count). The number of carbonyl (C=O) groups is 1. The van der Waals surface area contributed by atoms with Gasteiger partial charge in [0.2, 0.25) is 0 Å². The average molecular weight is 426 g/mol. The smallest absolute Gasteiger partial charge is 0.266 e. The van der Waals surface area contributed by atoms with Crippen LogP contribution in [0.5, 0.6) is 11.5 Å².